The number of anilines is 1. The second-order valence-electron chi connectivity index (χ2n) is 6.52. The number of thiophene rings is 1. The Hall–Kier alpha value is -1.08. The molecule has 160 valence electrons. The molecule has 0 bridgehead atoms. The highest BCUT2D eigenvalue weighted by Gasteiger charge is 2.23. The first-order chi connectivity index (χ1) is 13.3. The van der Waals surface area contributed by atoms with E-state index in [0.717, 1.165) is 53.0 Å². The zero-order chi connectivity index (χ0) is 20.1. The van der Waals surface area contributed by atoms with Crippen molar-refractivity contribution in [1.82, 2.24) is 10.6 Å². The lowest BCUT2D eigenvalue weighted by Crippen LogP contribution is -2.44. The van der Waals surface area contributed by atoms with Gasteiger partial charge in [-0.2, -0.15) is 0 Å². The number of hydrogen-bond donors (Lipinski definition) is 3. The third kappa shape index (κ3) is 6.99. The van der Waals surface area contributed by atoms with E-state index < -0.39 is 10.0 Å². The molecule has 1 aromatic carbocycles. The number of guanidine groups is 1. The van der Waals surface area contributed by atoms with Crippen molar-refractivity contribution in [3.05, 3.63) is 46.3 Å². The van der Waals surface area contributed by atoms with E-state index in [-0.39, 0.29) is 34.2 Å². The Kier molecular flexibility index (Phi) is 9.01. The van der Waals surface area contributed by atoms with Crippen molar-refractivity contribution in [2.24, 2.45) is 10.1 Å². The van der Waals surface area contributed by atoms with Crippen LogP contribution >= 0.6 is 46.9 Å². The number of rotatable bonds is 6. The van der Waals surface area contributed by atoms with Crippen LogP contribution in [0.2, 0.25) is 5.02 Å². The van der Waals surface area contributed by atoms with Crippen LogP contribution in [0.25, 0.3) is 0 Å². The van der Waals surface area contributed by atoms with Crippen LogP contribution in [0.5, 0.6) is 0 Å². The highest BCUT2D eigenvalue weighted by molar-refractivity contribution is 14.0. The van der Waals surface area contributed by atoms with Crippen LogP contribution < -0.4 is 20.7 Å². The molecule has 0 spiro atoms. The maximum Gasteiger partial charge on any atom is 0.247 e. The number of nitrogens with two attached hydrogens (primary N) is 1. The molecule has 0 radical (unpaired) electrons. The van der Waals surface area contributed by atoms with Crippen molar-refractivity contribution in [2.75, 3.05) is 24.5 Å². The number of benzene rings is 1. The normalized spacial score (nSPS) is 17.1. The van der Waals surface area contributed by atoms with Gasteiger partial charge in [0.2, 0.25) is 10.0 Å². The van der Waals surface area contributed by atoms with Gasteiger partial charge in [0.1, 0.15) is 4.21 Å². The Balaban J connectivity index is 0.00000300. The topological polar surface area (TPSA) is 99.8 Å². The predicted octanol–water partition coefficient (Wildman–Crippen LogP) is 3.00. The monoisotopic (exact) mass is 569 g/mol. The van der Waals surface area contributed by atoms with Crippen LogP contribution in [0.4, 0.5) is 5.69 Å². The van der Waals surface area contributed by atoms with E-state index in [4.69, 9.17) is 16.7 Å². The highest BCUT2D eigenvalue weighted by atomic mass is 127. The SMILES string of the molecule is CCNC(=NCc1ccc(S(N)(=O)=O)s1)NC1CCN(c2cccc(Cl)c2)C1.I. The summed E-state index contributed by atoms with van der Waals surface area (Å²) in [6.07, 6.45) is 0.992. The summed E-state index contributed by atoms with van der Waals surface area (Å²) in [6, 6.07) is 11.4. The fourth-order valence-corrected chi connectivity index (χ4v) is 4.94. The van der Waals surface area contributed by atoms with Gasteiger partial charge in [-0.25, -0.2) is 18.5 Å². The van der Waals surface area contributed by atoms with E-state index in [9.17, 15) is 8.42 Å². The zero-order valence-corrected chi connectivity index (χ0v) is 20.7. The summed E-state index contributed by atoms with van der Waals surface area (Å²) in [4.78, 5) is 7.72. The second kappa shape index (κ2) is 10.8. The van der Waals surface area contributed by atoms with Crippen molar-refractivity contribution in [3.8, 4) is 0 Å². The van der Waals surface area contributed by atoms with Gasteiger partial charge in [0.25, 0.3) is 0 Å². The molecule has 1 unspecified atom stereocenters. The van der Waals surface area contributed by atoms with E-state index in [1.54, 1.807) is 6.07 Å². The minimum Gasteiger partial charge on any atom is -0.369 e. The molecule has 0 aliphatic carbocycles. The second-order valence-corrected chi connectivity index (χ2v) is 9.91. The van der Waals surface area contributed by atoms with E-state index in [1.807, 2.05) is 25.1 Å². The van der Waals surface area contributed by atoms with Gasteiger partial charge in [-0.1, -0.05) is 17.7 Å². The van der Waals surface area contributed by atoms with Crippen LogP contribution in [0.3, 0.4) is 0 Å². The Morgan fingerprint density at radius 2 is 2.17 bits per heavy atom. The maximum absolute atomic E-state index is 11.4. The van der Waals surface area contributed by atoms with Gasteiger partial charge in [0, 0.05) is 41.3 Å². The average Bonchev–Trinajstić information content (AvgIpc) is 3.29. The van der Waals surface area contributed by atoms with Gasteiger partial charge in [0.05, 0.1) is 6.54 Å². The molecule has 29 heavy (non-hydrogen) atoms. The lowest BCUT2D eigenvalue weighted by molar-refractivity contribution is 0.600. The molecule has 4 N–H and O–H groups in total. The summed E-state index contributed by atoms with van der Waals surface area (Å²) < 4.78 is 23.0. The fourth-order valence-electron chi connectivity index (χ4n) is 3.05. The van der Waals surface area contributed by atoms with Gasteiger partial charge in [-0.3, -0.25) is 0 Å². The Morgan fingerprint density at radius 1 is 1.38 bits per heavy atom. The fraction of sp³-hybridized carbons (Fsp3) is 0.389. The average molecular weight is 570 g/mol. The summed E-state index contributed by atoms with van der Waals surface area (Å²) in [5.74, 6) is 0.714. The summed E-state index contributed by atoms with van der Waals surface area (Å²) in [6.45, 7) is 4.94. The zero-order valence-electron chi connectivity index (χ0n) is 16.0. The number of halogens is 2. The lowest BCUT2D eigenvalue weighted by Gasteiger charge is -2.20. The number of sulfonamides is 1. The summed E-state index contributed by atoms with van der Waals surface area (Å²) >= 11 is 7.24. The van der Waals surface area contributed by atoms with Crippen molar-refractivity contribution in [2.45, 2.75) is 30.1 Å². The molecule has 1 atom stereocenters. The molecule has 11 heteroatoms. The van der Waals surface area contributed by atoms with Gasteiger partial charge in [-0.05, 0) is 43.7 Å². The first kappa shape index (κ1) is 24.2. The van der Waals surface area contributed by atoms with Gasteiger partial charge >= 0.3 is 0 Å². The number of nitrogens with one attached hydrogen (secondary N) is 2. The quantitative estimate of drug-likeness (QED) is 0.282. The standard InChI is InChI=1S/C18H24ClN5O2S2.HI/c1-2-21-18(22-11-16-6-7-17(27-16)28(20,25)26)23-14-8-9-24(12-14)15-5-3-4-13(19)10-15;/h3-7,10,14H,2,8-9,11-12H2,1H3,(H2,20,25,26)(H2,21,22,23);1H. The number of nitrogens with zero attached hydrogens (tertiary/aromatic N) is 2. The van der Waals surface area contributed by atoms with E-state index >= 15 is 0 Å². The molecule has 1 aromatic heterocycles. The maximum atomic E-state index is 11.4. The molecule has 3 rings (SSSR count). The smallest absolute Gasteiger partial charge is 0.247 e. The Labute approximate surface area is 197 Å². The van der Waals surface area contributed by atoms with Crippen LogP contribution in [-0.2, 0) is 16.6 Å². The largest absolute Gasteiger partial charge is 0.369 e. The summed E-state index contributed by atoms with van der Waals surface area (Å²) in [7, 11) is -3.66. The molecule has 0 amide bonds. The third-order valence-corrected chi connectivity index (χ3v) is 7.10. The predicted molar refractivity (Wildman–Crippen MR) is 131 cm³/mol. The molecule has 1 aliphatic heterocycles. The molecular formula is C18H25ClIN5O2S2. The van der Waals surface area contributed by atoms with Crippen molar-refractivity contribution in [1.29, 1.82) is 0 Å². The van der Waals surface area contributed by atoms with Gasteiger partial charge in [0.15, 0.2) is 5.96 Å². The van der Waals surface area contributed by atoms with Crippen LogP contribution in [0.15, 0.2) is 45.6 Å². The summed E-state index contributed by atoms with van der Waals surface area (Å²) in [5, 5.41) is 12.6. The van der Waals surface area contributed by atoms with Crippen LogP contribution in [-0.4, -0.2) is 40.1 Å². The van der Waals surface area contributed by atoms with Gasteiger partial charge < -0.3 is 15.5 Å². The lowest BCUT2D eigenvalue weighted by atomic mass is 10.3. The molecule has 1 aliphatic rings. The number of hydrogen-bond acceptors (Lipinski definition) is 5. The Morgan fingerprint density at radius 3 is 2.83 bits per heavy atom. The molecule has 2 heterocycles. The van der Waals surface area contributed by atoms with Crippen molar-refractivity contribution < 1.29 is 8.42 Å². The van der Waals surface area contributed by atoms with E-state index in [2.05, 4.69) is 26.6 Å². The van der Waals surface area contributed by atoms with Gasteiger partial charge in [-0.15, -0.1) is 35.3 Å². The molecule has 0 saturated carbocycles. The number of aliphatic imine (C=N–C) groups is 1. The van der Waals surface area contributed by atoms with Crippen molar-refractivity contribution >= 4 is 68.6 Å². The molecule has 2 aromatic rings. The molecule has 1 fully saturated rings. The molecular weight excluding hydrogens is 545 g/mol. The first-order valence-electron chi connectivity index (χ1n) is 9.02. The van der Waals surface area contributed by atoms with Crippen molar-refractivity contribution in [3.63, 3.8) is 0 Å². The summed E-state index contributed by atoms with van der Waals surface area (Å²) in [5.41, 5.74) is 1.12. The van der Waals surface area contributed by atoms with Crippen LogP contribution in [0, 0.1) is 0 Å². The van der Waals surface area contributed by atoms with E-state index in [1.165, 1.54) is 6.07 Å². The first-order valence-corrected chi connectivity index (χ1v) is 11.8. The van der Waals surface area contributed by atoms with E-state index in [0.29, 0.717) is 12.5 Å². The molecule has 7 nitrogen and oxygen atoms in total. The number of primary sulfonamides is 1. The third-order valence-electron chi connectivity index (χ3n) is 4.36. The minimum atomic E-state index is -3.66. The molecule has 1 saturated heterocycles. The highest BCUT2D eigenvalue weighted by Crippen LogP contribution is 2.24. The minimum absolute atomic E-state index is 0. The Bertz CT molecular complexity index is 951. The van der Waals surface area contributed by atoms with Crippen LogP contribution in [0.1, 0.15) is 18.2 Å².